The van der Waals surface area contributed by atoms with Crippen LogP contribution in [0.25, 0.3) is 0 Å². The van der Waals surface area contributed by atoms with Crippen LogP contribution in [0.3, 0.4) is 0 Å². The molecule has 1 aliphatic heterocycles. The highest BCUT2D eigenvalue weighted by Crippen LogP contribution is 2.34. The zero-order chi connectivity index (χ0) is 23.4. The molecule has 4 rings (SSSR count). The van der Waals surface area contributed by atoms with Gasteiger partial charge in [0, 0.05) is 63.1 Å². The van der Waals surface area contributed by atoms with Gasteiger partial charge in [-0.1, -0.05) is 44.2 Å². The zero-order valence-electron chi connectivity index (χ0n) is 19.8. The second-order valence-corrected chi connectivity index (χ2v) is 9.69. The van der Waals surface area contributed by atoms with Crippen molar-refractivity contribution in [2.75, 3.05) is 26.2 Å². The van der Waals surface area contributed by atoms with Crippen molar-refractivity contribution in [1.82, 2.24) is 14.4 Å². The number of hydrogen-bond donors (Lipinski definition) is 0. The third kappa shape index (κ3) is 5.72. The highest BCUT2D eigenvalue weighted by atomic mass is 19.1. The van der Waals surface area contributed by atoms with Crippen LogP contribution in [0.4, 0.5) is 4.39 Å². The number of nitrogens with zero attached hydrogens (tertiary/aromatic N) is 3. The summed E-state index contributed by atoms with van der Waals surface area (Å²) in [7, 11) is 2.07. The molecule has 174 valence electrons. The Hall–Kier alpha value is -2.92. The number of likely N-dealkylation sites (tertiary alicyclic amines) is 1. The molecule has 0 spiro atoms. The molecule has 5 heteroatoms. The highest BCUT2D eigenvalue weighted by Gasteiger charge is 2.36. The molecule has 2 aromatic carbocycles. The van der Waals surface area contributed by atoms with Gasteiger partial charge in [-0.05, 0) is 53.8 Å². The number of aryl methyl sites for hydroxylation is 1. The third-order valence-corrected chi connectivity index (χ3v) is 6.60. The van der Waals surface area contributed by atoms with E-state index < -0.39 is 0 Å². The van der Waals surface area contributed by atoms with Crippen molar-refractivity contribution in [3.63, 3.8) is 0 Å². The largest absolute Gasteiger partial charge is 0.353 e. The first-order valence-corrected chi connectivity index (χ1v) is 11.8. The van der Waals surface area contributed by atoms with Crippen molar-refractivity contribution in [3.8, 4) is 0 Å². The van der Waals surface area contributed by atoms with Crippen LogP contribution in [-0.4, -0.2) is 46.5 Å². The van der Waals surface area contributed by atoms with Gasteiger partial charge in [-0.15, -0.1) is 0 Å². The van der Waals surface area contributed by atoms with Gasteiger partial charge in [0.15, 0.2) is 0 Å². The van der Waals surface area contributed by atoms with E-state index in [0.717, 1.165) is 37.3 Å². The summed E-state index contributed by atoms with van der Waals surface area (Å²) >= 11 is 0. The number of benzene rings is 2. The van der Waals surface area contributed by atoms with Gasteiger partial charge in [-0.3, -0.25) is 9.69 Å². The third-order valence-electron chi connectivity index (χ3n) is 6.60. The molecule has 2 atom stereocenters. The number of aromatic nitrogens is 1. The summed E-state index contributed by atoms with van der Waals surface area (Å²) in [6.45, 7) is 8.39. The van der Waals surface area contributed by atoms with Gasteiger partial charge in [-0.25, -0.2) is 4.39 Å². The van der Waals surface area contributed by atoms with Gasteiger partial charge >= 0.3 is 0 Å². The molecule has 3 aromatic rings. The average Bonchev–Trinajstić information content (AvgIpc) is 3.39. The summed E-state index contributed by atoms with van der Waals surface area (Å²) in [6.07, 6.45) is 2.07. The van der Waals surface area contributed by atoms with E-state index in [4.69, 9.17) is 0 Å². The van der Waals surface area contributed by atoms with Crippen molar-refractivity contribution in [3.05, 3.63) is 95.6 Å². The fraction of sp³-hybridized carbons (Fsp3) is 0.393. The molecule has 1 amide bonds. The molecule has 0 saturated carbocycles. The normalized spacial score (nSPS) is 18.7. The number of carbonyl (C=O) groups is 1. The van der Waals surface area contributed by atoms with Crippen LogP contribution in [0.15, 0.2) is 72.9 Å². The lowest BCUT2D eigenvalue weighted by atomic mass is 9.88. The zero-order valence-corrected chi connectivity index (χ0v) is 19.8. The standard InChI is InChI=1S/C28H34FN3O/c1-21(2)16-32(28(33)23-8-5-4-6-9-23)18-24-17-31(19-26-10-7-15-30(26)3)20-27(24)22-11-13-25(29)14-12-22/h4-15,21,24,27H,16-20H2,1-3H3/t24-,27-/m0/s1. The predicted molar refractivity (Wildman–Crippen MR) is 131 cm³/mol. The Morgan fingerprint density at radius 1 is 1.03 bits per heavy atom. The molecule has 1 saturated heterocycles. The molecule has 1 aliphatic rings. The van der Waals surface area contributed by atoms with Gasteiger partial charge in [0.05, 0.1) is 0 Å². The SMILES string of the molecule is CC(C)CN(C[C@@H]1CN(Cc2cccn2C)C[C@H]1c1ccc(F)cc1)C(=O)c1ccccc1. The molecule has 33 heavy (non-hydrogen) atoms. The molecule has 0 N–H and O–H groups in total. The van der Waals surface area contributed by atoms with Crippen LogP contribution >= 0.6 is 0 Å². The summed E-state index contributed by atoms with van der Waals surface area (Å²) in [6, 6.07) is 20.7. The van der Waals surface area contributed by atoms with Gasteiger partial charge in [0.1, 0.15) is 5.82 Å². The molecular formula is C28H34FN3O. The van der Waals surface area contributed by atoms with Crippen LogP contribution < -0.4 is 0 Å². The second kappa shape index (κ2) is 10.3. The molecule has 2 heterocycles. The minimum atomic E-state index is -0.213. The maximum absolute atomic E-state index is 13.6. The molecule has 4 nitrogen and oxygen atoms in total. The molecular weight excluding hydrogens is 413 g/mol. The van der Waals surface area contributed by atoms with Crippen LogP contribution in [0.5, 0.6) is 0 Å². The fourth-order valence-electron chi connectivity index (χ4n) is 4.98. The number of amides is 1. The van der Waals surface area contributed by atoms with Gasteiger partial charge < -0.3 is 9.47 Å². The lowest BCUT2D eigenvalue weighted by molar-refractivity contribution is 0.0703. The van der Waals surface area contributed by atoms with Crippen molar-refractivity contribution >= 4 is 5.91 Å². The summed E-state index contributed by atoms with van der Waals surface area (Å²) in [5.74, 6) is 0.784. The lowest BCUT2D eigenvalue weighted by Gasteiger charge is -2.30. The van der Waals surface area contributed by atoms with Crippen LogP contribution in [0.1, 0.15) is 41.4 Å². The van der Waals surface area contributed by atoms with Gasteiger partial charge in [0.25, 0.3) is 5.91 Å². The van der Waals surface area contributed by atoms with Crippen molar-refractivity contribution in [1.29, 1.82) is 0 Å². The molecule has 0 aliphatic carbocycles. The summed E-state index contributed by atoms with van der Waals surface area (Å²) in [5, 5.41) is 0. The minimum absolute atomic E-state index is 0.0861. The molecule has 0 unspecified atom stereocenters. The molecule has 0 bridgehead atoms. The van der Waals surface area contributed by atoms with E-state index in [1.54, 1.807) is 12.1 Å². The Morgan fingerprint density at radius 2 is 1.76 bits per heavy atom. The van der Waals surface area contributed by atoms with E-state index in [0.29, 0.717) is 12.5 Å². The molecule has 1 aromatic heterocycles. The Labute approximate surface area is 196 Å². The fourth-order valence-corrected chi connectivity index (χ4v) is 4.98. The molecule has 0 radical (unpaired) electrons. The van der Waals surface area contributed by atoms with Crippen molar-refractivity contribution in [2.24, 2.45) is 18.9 Å². The summed E-state index contributed by atoms with van der Waals surface area (Å²) in [5.41, 5.74) is 3.15. The Bertz CT molecular complexity index is 1040. The van der Waals surface area contributed by atoms with Crippen LogP contribution in [0, 0.1) is 17.7 Å². The van der Waals surface area contributed by atoms with E-state index in [2.05, 4.69) is 48.7 Å². The lowest BCUT2D eigenvalue weighted by Crippen LogP contribution is -2.39. The smallest absolute Gasteiger partial charge is 0.253 e. The average molecular weight is 448 g/mol. The second-order valence-electron chi connectivity index (χ2n) is 9.69. The van der Waals surface area contributed by atoms with E-state index in [1.807, 2.05) is 47.4 Å². The maximum atomic E-state index is 13.6. The number of carbonyl (C=O) groups excluding carboxylic acids is 1. The Balaban J connectivity index is 1.58. The first-order chi connectivity index (χ1) is 15.9. The van der Waals surface area contributed by atoms with E-state index in [9.17, 15) is 9.18 Å². The van der Waals surface area contributed by atoms with E-state index in [1.165, 1.54) is 5.69 Å². The van der Waals surface area contributed by atoms with Crippen molar-refractivity contribution < 1.29 is 9.18 Å². The predicted octanol–water partition coefficient (Wildman–Crippen LogP) is 5.18. The Kier molecular flexibility index (Phi) is 7.29. The summed E-state index contributed by atoms with van der Waals surface area (Å²) < 4.78 is 15.8. The van der Waals surface area contributed by atoms with Crippen LogP contribution in [0.2, 0.25) is 0 Å². The van der Waals surface area contributed by atoms with Crippen LogP contribution in [-0.2, 0) is 13.6 Å². The maximum Gasteiger partial charge on any atom is 0.253 e. The van der Waals surface area contributed by atoms with E-state index >= 15 is 0 Å². The summed E-state index contributed by atoms with van der Waals surface area (Å²) in [4.78, 5) is 17.9. The Morgan fingerprint density at radius 3 is 2.39 bits per heavy atom. The van der Waals surface area contributed by atoms with E-state index in [-0.39, 0.29) is 23.6 Å². The minimum Gasteiger partial charge on any atom is -0.353 e. The number of halogens is 1. The van der Waals surface area contributed by atoms with Gasteiger partial charge in [-0.2, -0.15) is 0 Å². The monoisotopic (exact) mass is 447 g/mol. The quantitative estimate of drug-likeness (QED) is 0.476. The van der Waals surface area contributed by atoms with Crippen molar-refractivity contribution in [2.45, 2.75) is 26.3 Å². The van der Waals surface area contributed by atoms with Gasteiger partial charge in [0.2, 0.25) is 0 Å². The number of hydrogen-bond acceptors (Lipinski definition) is 2. The topological polar surface area (TPSA) is 28.5 Å². The molecule has 1 fully saturated rings. The number of rotatable bonds is 8. The first kappa shape index (κ1) is 23.2. The first-order valence-electron chi connectivity index (χ1n) is 11.8. The highest BCUT2D eigenvalue weighted by molar-refractivity contribution is 5.94.